The molecule has 0 aliphatic carbocycles. The zero-order valence-electron chi connectivity index (χ0n) is 12.4. The van der Waals surface area contributed by atoms with Crippen LogP contribution in [0.4, 0.5) is 5.69 Å². The van der Waals surface area contributed by atoms with Gasteiger partial charge in [0.15, 0.2) is 0 Å². The van der Waals surface area contributed by atoms with Crippen molar-refractivity contribution in [3.63, 3.8) is 0 Å². The molecule has 0 spiro atoms. The van der Waals surface area contributed by atoms with Crippen LogP contribution in [0.15, 0.2) is 33.9 Å². The number of benzene rings is 1. The molecule has 0 saturated carbocycles. The van der Waals surface area contributed by atoms with Crippen LogP contribution in [-0.4, -0.2) is 14.1 Å². The van der Waals surface area contributed by atoms with E-state index in [0.29, 0.717) is 0 Å². The highest BCUT2D eigenvalue weighted by Crippen LogP contribution is 2.15. The van der Waals surface area contributed by atoms with Gasteiger partial charge in [-0.05, 0) is 18.6 Å². The molecule has 0 saturated heterocycles. The van der Waals surface area contributed by atoms with E-state index >= 15 is 0 Å². The van der Waals surface area contributed by atoms with Gasteiger partial charge in [-0.15, -0.1) is 0 Å². The number of nitrogens with zero attached hydrogens (tertiary/aromatic N) is 3. The molecule has 0 radical (unpaired) electrons. The first kappa shape index (κ1) is 15.4. The fraction of sp³-hybridized carbons (Fsp3) is 0.200. The fourth-order valence-electron chi connectivity index (χ4n) is 2.06. The Balaban J connectivity index is 2.64. The normalized spacial score (nSPS) is 11.0. The lowest BCUT2D eigenvalue weighted by atomic mass is 10.1. The minimum absolute atomic E-state index is 0.0290. The quantitative estimate of drug-likeness (QED) is 0.634. The SMILES string of the molecule is Cc1ccc(/C=C/c2c([N+](=O)[O-])c(=O)n(C)c(=O)n2C)cc1. The molecule has 0 atom stereocenters. The second-order valence-corrected chi connectivity index (χ2v) is 4.94. The predicted octanol–water partition coefficient (Wildman–Crippen LogP) is 1.47. The molecule has 0 fully saturated rings. The van der Waals surface area contributed by atoms with Crippen molar-refractivity contribution in [1.82, 2.24) is 9.13 Å². The third-order valence-corrected chi connectivity index (χ3v) is 3.38. The Morgan fingerprint density at radius 2 is 1.64 bits per heavy atom. The van der Waals surface area contributed by atoms with Gasteiger partial charge in [-0.3, -0.25) is 24.0 Å². The van der Waals surface area contributed by atoms with Crippen molar-refractivity contribution in [3.8, 4) is 0 Å². The number of hydrogen-bond acceptors (Lipinski definition) is 4. The molecule has 0 amide bonds. The summed E-state index contributed by atoms with van der Waals surface area (Å²) in [5, 5.41) is 11.2. The monoisotopic (exact) mass is 301 g/mol. The molecular weight excluding hydrogens is 286 g/mol. The Kier molecular flexibility index (Phi) is 4.07. The molecule has 22 heavy (non-hydrogen) atoms. The van der Waals surface area contributed by atoms with Crippen molar-refractivity contribution in [3.05, 3.63) is 72.0 Å². The van der Waals surface area contributed by atoms with E-state index in [2.05, 4.69) is 0 Å². The Morgan fingerprint density at radius 1 is 1.05 bits per heavy atom. The van der Waals surface area contributed by atoms with Crippen LogP contribution in [0, 0.1) is 17.0 Å². The molecule has 2 aromatic rings. The van der Waals surface area contributed by atoms with Crippen molar-refractivity contribution >= 4 is 17.8 Å². The van der Waals surface area contributed by atoms with Crippen molar-refractivity contribution in [1.29, 1.82) is 0 Å². The van der Waals surface area contributed by atoms with E-state index in [9.17, 15) is 19.7 Å². The first-order chi connectivity index (χ1) is 10.3. The standard InChI is InChI=1S/C15H15N3O4/c1-10-4-6-11(7-5-10)8-9-12-13(18(21)22)14(19)17(3)15(20)16(12)2/h4-9H,1-3H3/b9-8+. The summed E-state index contributed by atoms with van der Waals surface area (Å²) in [5.74, 6) is 0. The van der Waals surface area contributed by atoms with E-state index in [1.54, 1.807) is 6.08 Å². The lowest BCUT2D eigenvalue weighted by Gasteiger charge is -2.06. The molecular formula is C15H15N3O4. The lowest BCUT2D eigenvalue weighted by Crippen LogP contribution is -2.39. The van der Waals surface area contributed by atoms with Crippen LogP contribution >= 0.6 is 0 Å². The van der Waals surface area contributed by atoms with Crippen molar-refractivity contribution in [2.24, 2.45) is 14.1 Å². The van der Waals surface area contributed by atoms with Crippen molar-refractivity contribution in [2.45, 2.75) is 6.92 Å². The molecule has 7 heteroatoms. The molecule has 2 rings (SSSR count). The number of aromatic nitrogens is 2. The molecule has 1 heterocycles. The first-order valence-electron chi connectivity index (χ1n) is 6.52. The van der Waals surface area contributed by atoms with Crippen molar-refractivity contribution in [2.75, 3.05) is 0 Å². The maximum Gasteiger partial charge on any atom is 0.357 e. The van der Waals surface area contributed by atoms with Crippen LogP contribution in [0.3, 0.4) is 0 Å². The largest absolute Gasteiger partial charge is 0.357 e. The van der Waals surface area contributed by atoms with Gasteiger partial charge in [-0.2, -0.15) is 0 Å². The number of nitro groups is 1. The van der Waals surface area contributed by atoms with Crippen LogP contribution in [0.1, 0.15) is 16.8 Å². The van der Waals surface area contributed by atoms with Crippen LogP contribution < -0.4 is 11.2 Å². The molecule has 0 N–H and O–H groups in total. The highest BCUT2D eigenvalue weighted by Gasteiger charge is 2.23. The van der Waals surface area contributed by atoms with Gasteiger partial charge in [-0.1, -0.05) is 35.9 Å². The fourth-order valence-corrected chi connectivity index (χ4v) is 2.06. The summed E-state index contributed by atoms with van der Waals surface area (Å²) < 4.78 is 1.81. The van der Waals surface area contributed by atoms with Crippen LogP contribution in [0.2, 0.25) is 0 Å². The zero-order valence-corrected chi connectivity index (χ0v) is 12.4. The summed E-state index contributed by atoms with van der Waals surface area (Å²) in [5.41, 5.74) is -0.278. The summed E-state index contributed by atoms with van der Waals surface area (Å²) >= 11 is 0. The highest BCUT2D eigenvalue weighted by molar-refractivity contribution is 5.72. The van der Waals surface area contributed by atoms with Crippen molar-refractivity contribution < 1.29 is 4.92 Å². The van der Waals surface area contributed by atoms with E-state index in [-0.39, 0.29) is 5.69 Å². The highest BCUT2D eigenvalue weighted by atomic mass is 16.6. The number of hydrogen-bond donors (Lipinski definition) is 0. The predicted molar refractivity (Wildman–Crippen MR) is 83.7 cm³/mol. The molecule has 1 aromatic carbocycles. The summed E-state index contributed by atoms with van der Waals surface area (Å²) in [7, 11) is 2.61. The molecule has 1 aromatic heterocycles. The average Bonchev–Trinajstić information content (AvgIpc) is 2.48. The van der Waals surface area contributed by atoms with Crippen LogP contribution in [0.5, 0.6) is 0 Å². The summed E-state index contributed by atoms with van der Waals surface area (Å²) in [4.78, 5) is 34.2. The Labute approximate surface area is 125 Å². The maximum absolute atomic E-state index is 11.9. The Hall–Kier alpha value is -2.96. The summed E-state index contributed by atoms with van der Waals surface area (Å²) in [6, 6.07) is 7.49. The van der Waals surface area contributed by atoms with Gasteiger partial charge >= 0.3 is 16.9 Å². The van der Waals surface area contributed by atoms with Crippen LogP contribution in [-0.2, 0) is 14.1 Å². The molecule has 0 unspecified atom stereocenters. The second-order valence-electron chi connectivity index (χ2n) is 4.94. The Bertz CT molecular complexity index is 873. The minimum atomic E-state index is -0.920. The van der Waals surface area contributed by atoms with E-state index in [4.69, 9.17) is 0 Å². The van der Waals surface area contributed by atoms with Gasteiger partial charge < -0.3 is 0 Å². The smallest absolute Gasteiger partial charge is 0.291 e. The number of rotatable bonds is 3. The second kappa shape index (κ2) is 5.80. The number of aryl methyl sites for hydroxylation is 1. The topological polar surface area (TPSA) is 87.1 Å². The van der Waals surface area contributed by atoms with Crippen LogP contribution in [0.25, 0.3) is 12.2 Å². The Morgan fingerprint density at radius 3 is 2.18 bits per heavy atom. The molecule has 7 nitrogen and oxygen atoms in total. The minimum Gasteiger partial charge on any atom is -0.291 e. The van der Waals surface area contributed by atoms with Gasteiger partial charge in [0.05, 0.1) is 4.92 Å². The van der Waals surface area contributed by atoms with Gasteiger partial charge in [-0.25, -0.2) is 4.79 Å². The first-order valence-corrected chi connectivity index (χ1v) is 6.52. The van der Waals surface area contributed by atoms with E-state index < -0.39 is 21.9 Å². The van der Waals surface area contributed by atoms with E-state index in [0.717, 1.165) is 20.3 Å². The third-order valence-electron chi connectivity index (χ3n) is 3.38. The summed E-state index contributed by atoms with van der Waals surface area (Å²) in [6.45, 7) is 1.95. The average molecular weight is 301 g/mol. The van der Waals surface area contributed by atoms with E-state index in [1.165, 1.54) is 20.2 Å². The molecule has 0 bridgehead atoms. The maximum atomic E-state index is 11.9. The van der Waals surface area contributed by atoms with Gasteiger partial charge in [0.2, 0.25) is 0 Å². The lowest BCUT2D eigenvalue weighted by molar-refractivity contribution is -0.387. The summed E-state index contributed by atoms with van der Waals surface area (Å²) in [6.07, 6.45) is 3.03. The van der Waals surface area contributed by atoms with Gasteiger partial charge in [0.25, 0.3) is 0 Å². The zero-order chi connectivity index (χ0) is 16.4. The third kappa shape index (κ3) is 2.73. The molecule has 0 aliphatic heterocycles. The molecule has 0 aliphatic rings. The van der Waals surface area contributed by atoms with E-state index in [1.807, 2.05) is 31.2 Å². The van der Waals surface area contributed by atoms with Gasteiger partial charge in [0, 0.05) is 14.1 Å². The molecule has 114 valence electrons. The van der Waals surface area contributed by atoms with Gasteiger partial charge in [0.1, 0.15) is 5.69 Å².